The third kappa shape index (κ3) is 5.81. The minimum absolute atomic E-state index is 0.375. The minimum atomic E-state index is -3.20. The van der Waals surface area contributed by atoms with Crippen LogP contribution >= 0.6 is 0 Å². The van der Waals surface area contributed by atoms with Gasteiger partial charge in [-0.1, -0.05) is 18.6 Å². The highest BCUT2D eigenvalue weighted by Gasteiger charge is 2.14. The summed E-state index contributed by atoms with van der Waals surface area (Å²) in [4.78, 5) is 4.64. The normalized spacial score (nSPS) is 14.8. The van der Waals surface area contributed by atoms with Crippen molar-refractivity contribution in [3.05, 3.63) is 41.0 Å². The van der Waals surface area contributed by atoms with E-state index in [1.54, 1.807) is 13.1 Å². The van der Waals surface area contributed by atoms with Crippen LogP contribution < -0.4 is 10.6 Å². The van der Waals surface area contributed by atoms with Crippen molar-refractivity contribution < 1.29 is 8.42 Å². The summed E-state index contributed by atoms with van der Waals surface area (Å²) in [7, 11) is -1.45. The summed E-state index contributed by atoms with van der Waals surface area (Å²) in [5, 5.41) is 15.3. The maximum Gasteiger partial charge on any atom is 0.191 e. The van der Waals surface area contributed by atoms with Crippen molar-refractivity contribution in [2.24, 2.45) is 4.99 Å². The summed E-state index contributed by atoms with van der Waals surface area (Å²) in [5.41, 5.74) is 1.76. The Balaban J connectivity index is 1.46. The van der Waals surface area contributed by atoms with Crippen LogP contribution in [0.4, 0.5) is 0 Å². The number of fused-ring (bicyclic) bond motifs is 1. The van der Waals surface area contributed by atoms with Gasteiger partial charge < -0.3 is 15.2 Å². The Hall–Kier alpha value is -2.42. The molecule has 3 rings (SSSR count). The fraction of sp³-hybridized carbons (Fsp3) is 0.571. The Morgan fingerprint density at radius 1 is 1.20 bits per heavy atom. The van der Waals surface area contributed by atoms with Gasteiger partial charge >= 0.3 is 0 Å². The van der Waals surface area contributed by atoms with E-state index in [2.05, 4.69) is 30.4 Å². The monoisotopic (exact) mass is 432 g/mol. The molecule has 2 heterocycles. The summed E-state index contributed by atoms with van der Waals surface area (Å²) < 4.78 is 25.8. The minimum Gasteiger partial charge on any atom is -0.356 e. The van der Waals surface area contributed by atoms with Gasteiger partial charge in [-0.05, 0) is 43.4 Å². The molecule has 1 aliphatic rings. The topological polar surface area (TPSA) is 101 Å². The van der Waals surface area contributed by atoms with Crippen LogP contribution in [-0.2, 0) is 35.8 Å². The maximum absolute atomic E-state index is 11.8. The third-order valence-electron chi connectivity index (χ3n) is 5.38. The van der Waals surface area contributed by atoms with E-state index in [0.717, 1.165) is 61.1 Å². The lowest BCUT2D eigenvalue weighted by Gasteiger charge is -2.13. The molecule has 0 amide bonds. The predicted molar refractivity (Wildman–Crippen MR) is 118 cm³/mol. The summed E-state index contributed by atoms with van der Waals surface area (Å²) in [6.45, 7) is 4.21. The fourth-order valence-corrected chi connectivity index (χ4v) is 4.79. The Kier molecular flexibility index (Phi) is 7.47. The Bertz CT molecular complexity index is 997. The Morgan fingerprint density at radius 2 is 2.03 bits per heavy atom. The lowest BCUT2D eigenvalue weighted by Crippen LogP contribution is -2.37. The number of hydrogen-bond donors (Lipinski definition) is 2. The second-order valence-electron chi connectivity index (χ2n) is 7.82. The van der Waals surface area contributed by atoms with Crippen molar-refractivity contribution in [1.82, 2.24) is 25.4 Å². The van der Waals surface area contributed by atoms with E-state index in [1.807, 2.05) is 19.1 Å². The molecule has 2 aromatic rings. The second kappa shape index (κ2) is 10.1. The van der Waals surface area contributed by atoms with Gasteiger partial charge in [0.05, 0.1) is 4.90 Å². The van der Waals surface area contributed by atoms with Gasteiger partial charge in [-0.3, -0.25) is 4.99 Å². The highest BCUT2D eigenvalue weighted by atomic mass is 32.2. The Morgan fingerprint density at radius 3 is 2.77 bits per heavy atom. The molecule has 8 nitrogen and oxygen atoms in total. The molecule has 0 spiro atoms. The van der Waals surface area contributed by atoms with Crippen LogP contribution in [-0.4, -0.2) is 49.0 Å². The van der Waals surface area contributed by atoms with Crippen molar-refractivity contribution >= 4 is 15.8 Å². The number of benzene rings is 1. The van der Waals surface area contributed by atoms with Crippen LogP contribution in [0.3, 0.4) is 0 Å². The van der Waals surface area contributed by atoms with Gasteiger partial charge in [-0.2, -0.15) is 0 Å². The number of hydrogen-bond acceptors (Lipinski definition) is 5. The van der Waals surface area contributed by atoms with E-state index >= 15 is 0 Å². The van der Waals surface area contributed by atoms with Crippen molar-refractivity contribution in [2.45, 2.75) is 63.4 Å². The van der Waals surface area contributed by atoms with Gasteiger partial charge in [0.25, 0.3) is 0 Å². The Labute approximate surface area is 179 Å². The standard InChI is InChI=1S/C21H32N6O2S/c1-16-14-17(10-11-18(16)30(3,28)29)15-24-21(22-2)23-12-7-9-20-26-25-19-8-5-4-6-13-27(19)20/h10-11,14H,4-9,12-13,15H2,1-3H3,(H2,22,23,24). The number of aliphatic imine (C=N–C) groups is 1. The number of guanidine groups is 1. The summed E-state index contributed by atoms with van der Waals surface area (Å²) >= 11 is 0. The molecule has 0 bridgehead atoms. The lowest BCUT2D eigenvalue weighted by molar-refractivity contribution is 0.594. The molecule has 0 saturated carbocycles. The molecule has 30 heavy (non-hydrogen) atoms. The van der Waals surface area contributed by atoms with E-state index in [4.69, 9.17) is 0 Å². The number of nitrogens with one attached hydrogen (secondary N) is 2. The molecule has 2 N–H and O–H groups in total. The fourth-order valence-electron chi connectivity index (χ4n) is 3.83. The first kappa shape index (κ1) is 22.3. The van der Waals surface area contributed by atoms with E-state index in [1.165, 1.54) is 25.5 Å². The lowest BCUT2D eigenvalue weighted by atomic mass is 10.1. The molecule has 0 aliphatic carbocycles. The molecule has 0 saturated heterocycles. The first-order valence-electron chi connectivity index (χ1n) is 10.5. The molecule has 9 heteroatoms. The number of aryl methyl sites for hydroxylation is 3. The molecule has 0 fully saturated rings. The largest absolute Gasteiger partial charge is 0.356 e. The van der Waals surface area contributed by atoms with Gasteiger partial charge in [0.15, 0.2) is 15.8 Å². The van der Waals surface area contributed by atoms with Crippen molar-refractivity contribution in [2.75, 3.05) is 19.8 Å². The average Bonchev–Trinajstić information content (AvgIpc) is 2.92. The number of sulfone groups is 1. The van der Waals surface area contributed by atoms with Crippen molar-refractivity contribution in [1.29, 1.82) is 0 Å². The molecular formula is C21H32N6O2S. The smallest absolute Gasteiger partial charge is 0.191 e. The zero-order valence-corrected chi connectivity index (χ0v) is 18.9. The highest BCUT2D eigenvalue weighted by molar-refractivity contribution is 7.90. The van der Waals surface area contributed by atoms with Gasteiger partial charge in [0, 0.05) is 45.8 Å². The van der Waals surface area contributed by atoms with Crippen LogP contribution in [0, 0.1) is 6.92 Å². The summed E-state index contributed by atoms with van der Waals surface area (Å²) in [6, 6.07) is 5.40. The summed E-state index contributed by atoms with van der Waals surface area (Å²) in [5.74, 6) is 2.93. The molecule has 0 unspecified atom stereocenters. The number of nitrogens with zero attached hydrogens (tertiary/aromatic N) is 4. The first-order valence-corrected chi connectivity index (χ1v) is 12.4. The molecule has 0 radical (unpaired) electrons. The number of rotatable bonds is 7. The van der Waals surface area contributed by atoms with Gasteiger partial charge in [-0.15, -0.1) is 10.2 Å². The summed E-state index contributed by atoms with van der Waals surface area (Å²) in [6.07, 6.45) is 7.78. The van der Waals surface area contributed by atoms with E-state index < -0.39 is 9.84 Å². The molecule has 0 atom stereocenters. The SMILES string of the molecule is CN=C(NCCCc1nnc2n1CCCCC2)NCc1ccc(S(C)(=O)=O)c(C)c1. The van der Waals surface area contributed by atoms with Gasteiger partial charge in [0.2, 0.25) is 0 Å². The molecular weight excluding hydrogens is 400 g/mol. The van der Waals surface area contributed by atoms with Crippen LogP contribution in [0.1, 0.15) is 48.5 Å². The molecule has 1 aromatic carbocycles. The maximum atomic E-state index is 11.8. The number of aromatic nitrogens is 3. The van der Waals surface area contributed by atoms with Gasteiger partial charge in [0.1, 0.15) is 11.6 Å². The van der Waals surface area contributed by atoms with Crippen molar-refractivity contribution in [3.8, 4) is 0 Å². The van der Waals surface area contributed by atoms with Crippen molar-refractivity contribution in [3.63, 3.8) is 0 Å². The quantitative estimate of drug-likeness (QED) is 0.394. The second-order valence-corrected chi connectivity index (χ2v) is 9.81. The van der Waals surface area contributed by atoms with Crippen LogP contribution in [0.25, 0.3) is 0 Å². The molecule has 1 aromatic heterocycles. The first-order chi connectivity index (χ1) is 14.4. The van der Waals surface area contributed by atoms with E-state index in [9.17, 15) is 8.42 Å². The zero-order chi connectivity index (χ0) is 21.6. The molecule has 164 valence electrons. The third-order valence-corrected chi connectivity index (χ3v) is 6.64. The van der Waals surface area contributed by atoms with E-state index in [0.29, 0.717) is 11.4 Å². The van der Waals surface area contributed by atoms with Gasteiger partial charge in [-0.25, -0.2) is 8.42 Å². The highest BCUT2D eigenvalue weighted by Crippen LogP contribution is 2.17. The van der Waals surface area contributed by atoms with Crippen LogP contribution in [0.2, 0.25) is 0 Å². The van der Waals surface area contributed by atoms with Crippen LogP contribution in [0.5, 0.6) is 0 Å². The average molecular weight is 433 g/mol. The zero-order valence-electron chi connectivity index (χ0n) is 18.1. The predicted octanol–water partition coefficient (Wildman–Crippen LogP) is 2.01. The van der Waals surface area contributed by atoms with E-state index in [-0.39, 0.29) is 0 Å². The van der Waals surface area contributed by atoms with Crippen LogP contribution in [0.15, 0.2) is 28.1 Å². The molecule has 1 aliphatic heterocycles.